The molecule has 3 rings (SSSR count). The molecule has 0 amide bonds. The maximum Gasteiger partial charge on any atom is 0.227 e. The molecule has 8 heteroatoms. The van der Waals surface area contributed by atoms with E-state index < -0.39 is 5.82 Å². The monoisotopic (exact) mass is 369 g/mol. The second-order valence-electron chi connectivity index (χ2n) is 5.96. The van der Waals surface area contributed by atoms with Crippen LogP contribution in [0.5, 0.6) is 5.75 Å². The van der Waals surface area contributed by atoms with Gasteiger partial charge in [0, 0.05) is 30.6 Å². The van der Waals surface area contributed by atoms with Crippen LogP contribution in [0.4, 0.5) is 16.0 Å². The van der Waals surface area contributed by atoms with Crippen molar-refractivity contribution >= 4 is 17.4 Å². The molecular formula is C19H20FN5O2. The zero-order valence-corrected chi connectivity index (χ0v) is 15.1. The summed E-state index contributed by atoms with van der Waals surface area (Å²) < 4.78 is 19.6. The molecule has 2 aromatic heterocycles. The van der Waals surface area contributed by atoms with Gasteiger partial charge in [-0.2, -0.15) is 5.10 Å². The summed E-state index contributed by atoms with van der Waals surface area (Å²) in [4.78, 5) is 20.5. The first-order chi connectivity index (χ1) is 13.1. The summed E-state index contributed by atoms with van der Waals surface area (Å²) in [6.07, 6.45) is 7.99. The number of nitrogens with zero attached hydrogens (tertiary/aromatic N) is 3. The Morgan fingerprint density at radius 3 is 2.63 bits per heavy atom. The maximum atomic E-state index is 14.5. The number of hydrogen-bond donors (Lipinski definition) is 2. The Hall–Kier alpha value is -3.29. The molecule has 0 atom stereocenters. The summed E-state index contributed by atoms with van der Waals surface area (Å²) in [6.45, 7) is 1.77. The van der Waals surface area contributed by atoms with E-state index in [-0.39, 0.29) is 11.5 Å². The predicted molar refractivity (Wildman–Crippen MR) is 98.9 cm³/mol. The minimum Gasteiger partial charge on any atom is -0.494 e. The van der Waals surface area contributed by atoms with Crippen LogP contribution in [0.25, 0.3) is 0 Å². The van der Waals surface area contributed by atoms with Crippen molar-refractivity contribution in [1.29, 1.82) is 0 Å². The Morgan fingerprint density at radius 2 is 2.00 bits per heavy atom. The number of halogens is 1. The third-order valence-corrected chi connectivity index (χ3v) is 4.12. The Balaban J connectivity index is 1.71. The number of benzene rings is 1. The largest absolute Gasteiger partial charge is 0.494 e. The fourth-order valence-electron chi connectivity index (χ4n) is 2.63. The minimum absolute atomic E-state index is 0.0486. The van der Waals surface area contributed by atoms with E-state index in [2.05, 4.69) is 25.5 Å². The molecule has 0 aliphatic carbocycles. The van der Waals surface area contributed by atoms with Gasteiger partial charge in [-0.05, 0) is 36.1 Å². The van der Waals surface area contributed by atoms with E-state index >= 15 is 0 Å². The molecule has 7 nitrogen and oxygen atoms in total. The van der Waals surface area contributed by atoms with Gasteiger partial charge in [-0.15, -0.1) is 0 Å². The average Bonchev–Trinajstić information content (AvgIpc) is 3.20. The second kappa shape index (κ2) is 8.39. The second-order valence-corrected chi connectivity index (χ2v) is 5.96. The molecular weight excluding hydrogens is 349 g/mol. The molecule has 0 aliphatic rings. The van der Waals surface area contributed by atoms with Gasteiger partial charge in [0.1, 0.15) is 0 Å². The fourth-order valence-corrected chi connectivity index (χ4v) is 2.63. The summed E-state index contributed by atoms with van der Waals surface area (Å²) in [5.41, 5.74) is 2.51. The van der Waals surface area contributed by atoms with Gasteiger partial charge >= 0.3 is 0 Å². The molecule has 3 aromatic rings. The number of nitrogens with one attached hydrogen (secondary N) is 2. The number of aryl methyl sites for hydroxylation is 2. The van der Waals surface area contributed by atoms with E-state index in [1.54, 1.807) is 37.8 Å². The molecule has 2 N–H and O–H groups in total. The zero-order chi connectivity index (χ0) is 19.2. The van der Waals surface area contributed by atoms with E-state index in [1.165, 1.54) is 13.2 Å². The predicted octanol–water partition coefficient (Wildman–Crippen LogP) is 3.47. The Kier molecular flexibility index (Phi) is 5.75. The van der Waals surface area contributed by atoms with E-state index in [4.69, 9.17) is 4.74 Å². The van der Waals surface area contributed by atoms with Crippen molar-refractivity contribution in [3.05, 3.63) is 59.4 Å². The maximum absolute atomic E-state index is 14.5. The number of Topliss-reactive ketones (excluding diaryl/α,β-unsaturated/α-hetero) is 1. The van der Waals surface area contributed by atoms with E-state index in [9.17, 15) is 9.18 Å². The number of rotatable bonds is 8. The van der Waals surface area contributed by atoms with Crippen LogP contribution in [-0.4, -0.2) is 33.1 Å². The highest BCUT2D eigenvalue weighted by atomic mass is 19.1. The molecule has 0 radical (unpaired) electrons. The lowest BCUT2D eigenvalue weighted by atomic mass is 10.00. The third kappa shape index (κ3) is 4.46. The first-order valence-electron chi connectivity index (χ1n) is 8.57. The van der Waals surface area contributed by atoms with Crippen LogP contribution in [-0.2, 0) is 12.8 Å². The van der Waals surface area contributed by atoms with Crippen LogP contribution in [0.1, 0.15) is 34.8 Å². The van der Waals surface area contributed by atoms with E-state index in [0.29, 0.717) is 36.3 Å². The lowest BCUT2D eigenvalue weighted by Gasteiger charge is -2.10. The van der Waals surface area contributed by atoms with Crippen molar-refractivity contribution in [3.8, 4) is 5.75 Å². The first-order valence-corrected chi connectivity index (χ1v) is 8.57. The van der Waals surface area contributed by atoms with E-state index in [0.717, 1.165) is 11.3 Å². The molecule has 0 spiro atoms. The summed E-state index contributed by atoms with van der Waals surface area (Å²) in [6, 6.07) is 3.05. The molecule has 0 unspecified atom stereocenters. The Labute approximate surface area is 156 Å². The summed E-state index contributed by atoms with van der Waals surface area (Å²) in [5, 5.41) is 9.53. The van der Waals surface area contributed by atoms with Gasteiger partial charge in [0.25, 0.3) is 0 Å². The number of carbonyl (C=O) groups is 1. The number of aromatic nitrogens is 4. The Morgan fingerprint density at radius 1 is 1.22 bits per heavy atom. The van der Waals surface area contributed by atoms with Crippen LogP contribution in [0.2, 0.25) is 0 Å². The first kappa shape index (κ1) is 18.5. The molecule has 27 heavy (non-hydrogen) atoms. The highest BCUT2D eigenvalue weighted by molar-refractivity contribution is 5.96. The lowest BCUT2D eigenvalue weighted by molar-refractivity contribution is 0.0987. The van der Waals surface area contributed by atoms with Crippen LogP contribution < -0.4 is 10.1 Å². The van der Waals surface area contributed by atoms with Gasteiger partial charge < -0.3 is 10.1 Å². The van der Waals surface area contributed by atoms with Crippen LogP contribution in [0.15, 0.2) is 36.9 Å². The molecule has 140 valence electrons. The third-order valence-electron chi connectivity index (χ3n) is 4.12. The van der Waals surface area contributed by atoms with Gasteiger partial charge in [-0.25, -0.2) is 14.4 Å². The average molecular weight is 369 g/mol. The molecule has 0 fully saturated rings. The van der Waals surface area contributed by atoms with Crippen molar-refractivity contribution in [1.82, 2.24) is 20.2 Å². The number of H-pyrrole nitrogens is 1. The molecule has 0 saturated carbocycles. The molecule has 0 aliphatic heterocycles. The number of aromatic amines is 1. The van der Waals surface area contributed by atoms with Crippen LogP contribution in [0.3, 0.4) is 0 Å². The minimum atomic E-state index is -0.440. The number of ketones is 1. The number of ether oxygens (including phenoxy) is 1. The highest BCUT2D eigenvalue weighted by Crippen LogP contribution is 2.25. The van der Waals surface area contributed by atoms with Gasteiger partial charge in [0.2, 0.25) is 5.95 Å². The normalized spacial score (nSPS) is 10.6. The lowest BCUT2D eigenvalue weighted by Crippen LogP contribution is -2.04. The van der Waals surface area contributed by atoms with Crippen molar-refractivity contribution in [2.45, 2.75) is 26.2 Å². The topological polar surface area (TPSA) is 92.8 Å². The molecule has 1 aromatic carbocycles. The van der Waals surface area contributed by atoms with Gasteiger partial charge in [0.15, 0.2) is 17.3 Å². The number of methoxy groups -OCH3 is 1. The van der Waals surface area contributed by atoms with Gasteiger partial charge in [0.05, 0.1) is 19.0 Å². The van der Waals surface area contributed by atoms with Gasteiger partial charge in [-0.1, -0.05) is 6.92 Å². The van der Waals surface area contributed by atoms with E-state index in [1.807, 2.05) is 0 Å². The van der Waals surface area contributed by atoms with Crippen LogP contribution in [0, 0.1) is 5.82 Å². The smallest absolute Gasteiger partial charge is 0.227 e. The standard InChI is InChI=1S/C19H20FN5O2/c1-3-16(26)14-6-13(18(20)17(7-14)27-2)5-4-12-8-21-19(22-9-12)25-15-10-23-24-11-15/h6-11H,3-5H2,1-2H3,(H,23,24)(H,21,22,25). The summed E-state index contributed by atoms with van der Waals surface area (Å²) in [5.74, 6) is 0.0422. The molecule has 0 saturated heterocycles. The van der Waals surface area contributed by atoms with Crippen molar-refractivity contribution < 1.29 is 13.9 Å². The van der Waals surface area contributed by atoms with Crippen molar-refractivity contribution in [3.63, 3.8) is 0 Å². The van der Waals surface area contributed by atoms with Crippen LogP contribution >= 0.6 is 0 Å². The summed E-state index contributed by atoms with van der Waals surface area (Å²) in [7, 11) is 1.39. The summed E-state index contributed by atoms with van der Waals surface area (Å²) >= 11 is 0. The number of carbonyl (C=O) groups excluding carboxylic acids is 1. The number of hydrogen-bond acceptors (Lipinski definition) is 6. The SMILES string of the molecule is CCC(=O)c1cc(CCc2cnc(Nc3cn[nH]c3)nc2)c(F)c(OC)c1. The quantitative estimate of drug-likeness (QED) is 0.591. The number of anilines is 2. The fraction of sp³-hybridized carbons (Fsp3) is 0.263. The van der Waals surface area contributed by atoms with Crippen molar-refractivity contribution in [2.75, 3.05) is 12.4 Å². The molecule has 2 heterocycles. The van der Waals surface area contributed by atoms with Crippen molar-refractivity contribution in [2.24, 2.45) is 0 Å². The zero-order valence-electron chi connectivity index (χ0n) is 15.1. The van der Waals surface area contributed by atoms with Gasteiger partial charge in [-0.3, -0.25) is 9.89 Å². The highest BCUT2D eigenvalue weighted by Gasteiger charge is 2.15. The molecule has 0 bridgehead atoms. The Bertz CT molecular complexity index is 911.